The predicted molar refractivity (Wildman–Crippen MR) is 334 cm³/mol. The molecule has 0 radical (unpaired) electrons. The van der Waals surface area contributed by atoms with Crippen molar-refractivity contribution in [2.45, 2.75) is 122 Å². The van der Waals surface area contributed by atoms with Crippen molar-refractivity contribution in [3.8, 4) is 40.0 Å². The molecule has 23 heteroatoms. The van der Waals surface area contributed by atoms with Gasteiger partial charge in [0.05, 0.1) is 75.0 Å². The number of methoxy groups -OCH3 is 5. The molecule has 10 rings (SSSR count). The van der Waals surface area contributed by atoms with Crippen molar-refractivity contribution in [1.82, 2.24) is 45.5 Å². The van der Waals surface area contributed by atoms with E-state index in [0.717, 1.165) is 116 Å². The van der Waals surface area contributed by atoms with Gasteiger partial charge in [0, 0.05) is 72.9 Å². The molecule has 454 valence electrons. The Morgan fingerprint density at radius 2 is 1.19 bits per heavy atom. The van der Waals surface area contributed by atoms with E-state index in [1.165, 1.54) is 19.2 Å². The molecule has 21 nitrogen and oxygen atoms in total. The summed E-state index contributed by atoms with van der Waals surface area (Å²) in [6.45, 7) is 6.81. The largest absolute Gasteiger partial charge is 0.497 e. The number of carbonyl (C=O) groups is 3. The number of pyridine rings is 2. The highest BCUT2D eigenvalue weighted by Crippen LogP contribution is 2.40. The normalized spacial score (nSPS) is 16.7. The van der Waals surface area contributed by atoms with Crippen molar-refractivity contribution < 1.29 is 52.3 Å². The predicted octanol–water partition coefficient (Wildman–Crippen LogP) is 12.2. The smallest absolute Gasteiger partial charge is 0.407 e. The zero-order valence-electron chi connectivity index (χ0n) is 49.5. The van der Waals surface area contributed by atoms with Crippen LogP contribution in [0, 0.1) is 9.52 Å². The number of nitrogens with one attached hydrogen (secondary N) is 5. The number of fused-ring (bicyclic) bond motifs is 2. The second kappa shape index (κ2) is 28.1. The third kappa shape index (κ3) is 15.1. The van der Waals surface area contributed by atoms with Crippen LogP contribution in [0.5, 0.6) is 28.7 Å². The molecule has 4 aromatic heterocycles. The maximum atomic E-state index is 13.8. The molecule has 86 heavy (non-hydrogen) atoms. The van der Waals surface area contributed by atoms with Gasteiger partial charge in [-0.1, -0.05) is 24.3 Å². The van der Waals surface area contributed by atoms with Crippen LogP contribution in [-0.4, -0.2) is 106 Å². The third-order valence-electron chi connectivity index (χ3n) is 15.2. The molecule has 6 N–H and O–H groups in total. The average Bonchev–Trinajstić information content (AvgIpc) is 1.77. The first-order valence-electron chi connectivity index (χ1n) is 28.5. The van der Waals surface area contributed by atoms with E-state index in [0.29, 0.717) is 42.5 Å². The zero-order chi connectivity index (χ0) is 61.1. The molecule has 4 atom stereocenters. The molecule has 2 fully saturated rings. The lowest BCUT2D eigenvalue weighted by atomic mass is 9.91. The Kier molecular flexibility index (Phi) is 20.2. The third-order valence-corrected chi connectivity index (χ3v) is 16.0. The molecule has 3 amide bonds. The highest BCUT2D eigenvalue weighted by Gasteiger charge is 2.31. The summed E-state index contributed by atoms with van der Waals surface area (Å²) in [6.07, 6.45) is 9.03. The Labute approximate surface area is 512 Å². The maximum absolute atomic E-state index is 13.8. The molecule has 8 aromatic rings. The van der Waals surface area contributed by atoms with Crippen LogP contribution in [-0.2, 0) is 24.4 Å². The molecule has 2 saturated carbocycles. The van der Waals surface area contributed by atoms with Crippen molar-refractivity contribution in [2.24, 2.45) is 0 Å². The van der Waals surface area contributed by atoms with E-state index < -0.39 is 23.4 Å². The number of ether oxygens (including phenoxy) is 6. The summed E-state index contributed by atoms with van der Waals surface area (Å²) >= 11 is 2.28. The topological polar surface area (TPSA) is 248 Å². The monoisotopic (exact) mass is 1290 g/mol. The van der Waals surface area contributed by atoms with Gasteiger partial charge in [-0.3, -0.25) is 14.2 Å². The molecule has 0 spiro atoms. The van der Waals surface area contributed by atoms with Crippen LogP contribution in [0.15, 0.2) is 103 Å². The number of benzene rings is 4. The minimum Gasteiger partial charge on any atom is -0.497 e. The number of hydrogen-bond donors (Lipinski definition) is 6. The summed E-state index contributed by atoms with van der Waals surface area (Å²) in [7, 11) is 7.94. The number of anilines is 2. The highest BCUT2D eigenvalue weighted by molar-refractivity contribution is 14.1. The number of carboxylic acid groups (broad SMARTS) is 1. The fourth-order valence-corrected chi connectivity index (χ4v) is 11.9. The summed E-state index contributed by atoms with van der Waals surface area (Å²) in [5, 5.41) is 36.7. The van der Waals surface area contributed by atoms with Gasteiger partial charge in [-0.15, -0.1) is 0 Å². The van der Waals surface area contributed by atoms with Crippen LogP contribution in [0.2, 0.25) is 0 Å². The van der Waals surface area contributed by atoms with Crippen LogP contribution in [0.1, 0.15) is 111 Å². The quantitative estimate of drug-likeness (QED) is 0.0412. The van der Waals surface area contributed by atoms with Crippen molar-refractivity contribution in [3.63, 3.8) is 0 Å². The van der Waals surface area contributed by atoms with Crippen LogP contribution >= 0.6 is 22.6 Å². The number of halogens is 2. The lowest BCUT2D eigenvalue weighted by molar-refractivity contribution is 0.0484. The van der Waals surface area contributed by atoms with E-state index in [1.807, 2.05) is 104 Å². The number of aromatic nitrogens is 6. The van der Waals surface area contributed by atoms with Gasteiger partial charge < -0.3 is 60.1 Å². The number of carbonyl (C=O) groups excluding carboxylic acids is 2. The van der Waals surface area contributed by atoms with Gasteiger partial charge in [0.15, 0.2) is 0 Å². The van der Waals surface area contributed by atoms with E-state index in [1.54, 1.807) is 34.6 Å². The fourth-order valence-electron chi connectivity index (χ4n) is 11.1. The van der Waals surface area contributed by atoms with Crippen molar-refractivity contribution in [1.29, 1.82) is 0 Å². The van der Waals surface area contributed by atoms with Gasteiger partial charge in [0.1, 0.15) is 61.2 Å². The average molecular weight is 1290 g/mol. The summed E-state index contributed by atoms with van der Waals surface area (Å²) < 4.78 is 51.3. The second-order valence-corrected chi connectivity index (χ2v) is 23.1. The molecule has 0 aliphatic heterocycles. The Morgan fingerprint density at radius 3 is 1.73 bits per heavy atom. The fraction of sp³-hybridized carbons (Fsp3) is 0.381. The van der Waals surface area contributed by atoms with Crippen LogP contribution in [0.4, 0.5) is 25.6 Å². The molecular weight excluding hydrogens is 1220 g/mol. The van der Waals surface area contributed by atoms with Gasteiger partial charge in [-0.25, -0.2) is 23.9 Å². The summed E-state index contributed by atoms with van der Waals surface area (Å²) in [4.78, 5) is 45.9. The lowest BCUT2D eigenvalue weighted by Gasteiger charge is -2.31. The van der Waals surface area contributed by atoms with Crippen molar-refractivity contribution >= 4 is 74.1 Å². The minimum atomic E-state index is -1.03. The first-order valence-corrected chi connectivity index (χ1v) is 29.5. The Balaban J connectivity index is 0.000000217. The lowest BCUT2D eigenvalue weighted by Crippen LogP contribution is -2.41. The molecule has 0 bridgehead atoms. The highest BCUT2D eigenvalue weighted by atomic mass is 127. The molecular formula is C63H73FIN11O10. The molecule has 0 saturated heterocycles. The van der Waals surface area contributed by atoms with Gasteiger partial charge in [-0.05, 0) is 155 Å². The molecule has 2 aliphatic rings. The Hall–Kier alpha value is -8.61. The molecule has 2 aliphatic carbocycles. The zero-order valence-corrected chi connectivity index (χ0v) is 51.6. The van der Waals surface area contributed by atoms with E-state index in [9.17, 15) is 23.9 Å². The number of rotatable bonds is 19. The Bertz CT molecular complexity index is 3690. The van der Waals surface area contributed by atoms with Gasteiger partial charge in [0.25, 0.3) is 5.91 Å². The standard InChI is InChI=1S/C37H39FN6O6.C26H34IN5O4/c1-48-28-13-11-24(32(19-28)50-3)21-40-35-33-30(15-16-39-35)44(27-6-4-5-26(18-27)42-37(46)47)43-34(33)23-9-7-22(8-10-23)20-41-36(45)29-17-25(38)12-14-31(29)49-2;1-26(2,3)36-25(33)30-17-7-6-8-18(13-17)32-20-11-12-28-24(22(20)23(27)31-32)29-15-16-9-10-19(34-4)14-21(16)35-5/h7-17,19,26-27,42H,4-6,18,20-21H2,1-3H3,(H,39,40)(H,41,45)(H,46,47);9-12,14,17-18H,6-8,13,15H2,1-5H3,(H,28,29)(H,30,33)/t26-,27-;17-,18-/m11/s1. The van der Waals surface area contributed by atoms with Crippen LogP contribution < -0.4 is 50.3 Å². The molecule has 4 aromatic carbocycles. The van der Waals surface area contributed by atoms with E-state index in [2.05, 4.69) is 58.8 Å². The van der Waals surface area contributed by atoms with Crippen molar-refractivity contribution in [2.75, 3.05) is 46.2 Å². The number of amides is 3. The number of alkyl carbamates (subject to hydrolysis) is 1. The number of hydrogen-bond acceptors (Lipinski definition) is 15. The van der Waals surface area contributed by atoms with Crippen LogP contribution in [0.25, 0.3) is 33.1 Å². The van der Waals surface area contributed by atoms with Gasteiger partial charge >= 0.3 is 12.2 Å². The summed E-state index contributed by atoms with van der Waals surface area (Å²) in [5.41, 5.74) is 5.81. The molecule has 0 unspecified atom stereocenters. The van der Waals surface area contributed by atoms with Crippen molar-refractivity contribution in [3.05, 3.63) is 135 Å². The first kappa shape index (κ1) is 61.9. The summed E-state index contributed by atoms with van der Waals surface area (Å²) in [6, 6.07) is 26.9. The second-order valence-electron chi connectivity index (χ2n) is 22.1. The van der Waals surface area contributed by atoms with Gasteiger partial charge in [-0.2, -0.15) is 10.2 Å². The first-order chi connectivity index (χ1) is 41.4. The molecule has 4 heterocycles. The maximum Gasteiger partial charge on any atom is 0.407 e. The minimum absolute atomic E-state index is 0.0249. The van der Waals surface area contributed by atoms with E-state index in [4.69, 9.17) is 43.6 Å². The number of nitrogens with zero attached hydrogens (tertiary/aromatic N) is 6. The summed E-state index contributed by atoms with van der Waals surface area (Å²) in [5.74, 6) is 3.59. The van der Waals surface area contributed by atoms with E-state index in [-0.39, 0.29) is 48.1 Å². The Morgan fingerprint density at radius 1 is 0.640 bits per heavy atom. The van der Waals surface area contributed by atoms with Gasteiger partial charge in [0.2, 0.25) is 0 Å². The van der Waals surface area contributed by atoms with E-state index >= 15 is 0 Å². The SMILES string of the molecule is COc1ccc(CNc2nccc3c2c(-c2ccc(CNC(=O)c4cc(F)ccc4OC)cc2)nn3[C@@H]2CCC[C@@H](NC(=O)O)C2)c(OC)c1.COc1ccc(CNc2nccc3c2c(I)nn3[C@@H]2CCC[C@@H](NC(=O)OC(C)(C)C)C2)c(OC)c1. The van der Waals surface area contributed by atoms with Crippen LogP contribution in [0.3, 0.4) is 0 Å².